The molecule has 1 heterocycles. The normalized spacial score (nSPS) is 10.8. The molecule has 1 aromatic heterocycles. The fraction of sp³-hybridized carbons (Fsp3) is 0.0714. The molecule has 0 saturated heterocycles. The van der Waals surface area contributed by atoms with Crippen LogP contribution in [0.4, 0.5) is 4.39 Å². The Balaban J connectivity index is 2.13. The summed E-state index contributed by atoms with van der Waals surface area (Å²) in [7, 11) is 1.61. The molecule has 2 aromatic carbocycles. The number of hydrogen-bond donors (Lipinski definition) is 0. The number of halogens is 1. The van der Waals surface area contributed by atoms with E-state index >= 15 is 0 Å². The number of aromatic nitrogens is 1. The summed E-state index contributed by atoms with van der Waals surface area (Å²) in [6, 6.07) is 11.9. The molecule has 0 radical (unpaired) electrons. The van der Waals surface area contributed by atoms with Gasteiger partial charge in [0.1, 0.15) is 17.3 Å². The Labute approximate surface area is 103 Å². The van der Waals surface area contributed by atoms with Crippen molar-refractivity contribution in [3.8, 4) is 17.0 Å². The molecule has 0 aliphatic carbocycles. The topological polar surface area (TPSA) is 35.3 Å². The Morgan fingerprint density at radius 1 is 1.11 bits per heavy atom. The molecule has 0 spiro atoms. The first-order valence-electron chi connectivity index (χ1n) is 5.47. The van der Waals surface area contributed by atoms with E-state index in [1.54, 1.807) is 13.2 Å². The zero-order chi connectivity index (χ0) is 12.5. The Bertz CT molecular complexity index is 689. The van der Waals surface area contributed by atoms with Gasteiger partial charge in [-0.2, -0.15) is 0 Å². The molecule has 0 aliphatic rings. The van der Waals surface area contributed by atoms with Crippen LogP contribution >= 0.6 is 0 Å². The second-order valence-electron chi connectivity index (χ2n) is 3.90. The molecule has 0 atom stereocenters. The van der Waals surface area contributed by atoms with E-state index < -0.39 is 0 Å². The quantitative estimate of drug-likeness (QED) is 0.689. The second-order valence-corrected chi connectivity index (χ2v) is 3.90. The number of ether oxygens (including phenoxy) is 1. The maximum Gasteiger partial charge on any atom is 0.170 e. The van der Waals surface area contributed by atoms with Gasteiger partial charge in [0, 0.05) is 17.0 Å². The lowest BCUT2D eigenvalue weighted by molar-refractivity contribution is 0.415. The van der Waals surface area contributed by atoms with Gasteiger partial charge >= 0.3 is 0 Å². The van der Waals surface area contributed by atoms with Gasteiger partial charge in [0.2, 0.25) is 0 Å². The van der Waals surface area contributed by atoms with Crippen LogP contribution in [0.3, 0.4) is 0 Å². The summed E-state index contributed by atoms with van der Waals surface area (Å²) in [4.78, 5) is 0. The summed E-state index contributed by atoms with van der Waals surface area (Å²) >= 11 is 0. The van der Waals surface area contributed by atoms with Crippen LogP contribution < -0.4 is 4.74 Å². The first-order valence-corrected chi connectivity index (χ1v) is 5.47. The second kappa shape index (κ2) is 4.14. The van der Waals surface area contributed by atoms with Gasteiger partial charge in [0.05, 0.1) is 7.11 Å². The predicted molar refractivity (Wildman–Crippen MR) is 66.0 cm³/mol. The first-order chi connectivity index (χ1) is 8.78. The number of fused-ring (bicyclic) bond motifs is 1. The molecule has 0 bridgehead atoms. The molecule has 90 valence electrons. The van der Waals surface area contributed by atoms with E-state index in [1.807, 2.05) is 24.3 Å². The summed E-state index contributed by atoms with van der Waals surface area (Å²) in [5.74, 6) is 0.442. The fourth-order valence-electron chi connectivity index (χ4n) is 1.87. The van der Waals surface area contributed by atoms with Gasteiger partial charge in [-0.1, -0.05) is 5.16 Å². The molecule has 18 heavy (non-hydrogen) atoms. The van der Waals surface area contributed by atoms with Gasteiger partial charge in [-0.05, 0) is 36.4 Å². The third-order valence-corrected chi connectivity index (χ3v) is 2.80. The Kier molecular flexibility index (Phi) is 2.48. The highest BCUT2D eigenvalue weighted by molar-refractivity contribution is 5.91. The number of rotatable bonds is 2. The van der Waals surface area contributed by atoms with E-state index in [0.29, 0.717) is 11.3 Å². The van der Waals surface area contributed by atoms with Crippen LogP contribution in [0, 0.1) is 5.82 Å². The van der Waals surface area contributed by atoms with Crippen LogP contribution in [-0.2, 0) is 0 Å². The Hall–Kier alpha value is -2.36. The molecule has 3 rings (SSSR count). The van der Waals surface area contributed by atoms with E-state index in [1.165, 1.54) is 12.1 Å². The summed E-state index contributed by atoms with van der Waals surface area (Å²) in [6.45, 7) is 0. The maximum atomic E-state index is 13.0. The van der Waals surface area contributed by atoms with Crippen molar-refractivity contribution in [2.45, 2.75) is 0 Å². The van der Waals surface area contributed by atoms with E-state index in [9.17, 15) is 4.39 Å². The molecule has 4 heteroatoms. The van der Waals surface area contributed by atoms with Crippen LogP contribution in [0.1, 0.15) is 0 Å². The molecule has 0 saturated carbocycles. The standard InChI is InChI=1S/C14H10FNO2/c1-17-11-5-2-9(3-6-11)14-12-7-4-10(15)8-13(12)18-16-14/h2-8H,1H3. The summed E-state index contributed by atoms with van der Waals surface area (Å²) in [5, 5.41) is 4.77. The average molecular weight is 243 g/mol. The van der Waals surface area contributed by atoms with E-state index in [-0.39, 0.29) is 5.82 Å². The Morgan fingerprint density at radius 3 is 2.61 bits per heavy atom. The zero-order valence-corrected chi connectivity index (χ0v) is 9.68. The molecule has 0 fully saturated rings. The average Bonchev–Trinajstić information content (AvgIpc) is 2.81. The van der Waals surface area contributed by atoms with Gasteiger partial charge in [0.25, 0.3) is 0 Å². The number of nitrogens with zero attached hydrogens (tertiary/aromatic N) is 1. The minimum atomic E-state index is -0.333. The van der Waals surface area contributed by atoms with E-state index in [4.69, 9.17) is 9.26 Å². The van der Waals surface area contributed by atoms with Gasteiger partial charge in [-0.15, -0.1) is 0 Å². The highest BCUT2D eigenvalue weighted by Crippen LogP contribution is 2.29. The molecule has 0 unspecified atom stereocenters. The predicted octanol–water partition coefficient (Wildman–Crippen LogP) is 3.64. The number of hydrogen-bond acceptors (Lipinski definition) is 3. The smallest absolute Gasteiger partial charge is 0.170 e. The fourth-order valence-corrected chi connectivity index (χ4v) is 1.87. The molecule has 0 amide bonds. The van der Waals surface area contributed by atoms with Crippen LogP contribution in [-0.4, -0.2) is 12.3 Å². The van der Waals surface area contributed by atoms with Gasteiger partial charge in [-0.25, -0.2) is 4.39 Å². The Morgan fingerprint density at radius 2 is 1.89 bits per heavy atom. The molecule has 0 aliphatic heterocycles. The van der Waals surface area contributed by atoms with Crippen molar-refractivity contribution in [2.75, 3.05) is 7.11 Å². The molecule has 3 aromatic rings. The summed E-state index contributed by atoms with van der Waals surface area (Å²) in [5.41, 5.74) is 2.05. The van der Waals surface area contributed by atoms with Gasteiger partial charge in [-0.3, -0.25) is 0 Å². The van der Waals surface area contributed by atoms with Crippen molar-refractivity contribution < 1.29 is 13.7 Å². The summed E-state index contributed by atoms with van der Waals surface area (Å²) in [6.07, 6.45) is 0. The largest absolute Gasteiger partial charge is 0.497 e. The van der Waals surface area contributed by atoms with Crippen LogP contribution in [0.5, 0.6) is 5.75 Å². The monoisotopic (exact) mass is 243 g/mol. The number of benzene rings is 2. The first kappa shape index (κ1) is 10.8. The van der Waals surface area contributed by atoms with Crippen LogP contribution in [0.15, 0.2) is 47.0 Å². The van der Waals surface area contributed by atoms with Crippen LogP contribution in [0.2, 0.25) is 0 Å². The minimum absolute atomic E-state index is 0.333. The minimum Gasteiger partial charge on any atom is -0.497 e. The van der Waals surface area contributed by atoms with Crippen molar-refractivity contribution in [1.29, 1.82) is 0 Å². The molecule has 3 nitrogen and oxygen atoms in total. The maximum absolute atomic E-state index is 13.0. The molecular weight excluding hydrogens is 233 g/mol. The van der Waals surface area contributed by atoms with Gasteiger partial charge < -0.3 is 9.26 Å². The van der Waals surface area contributed by atoms with Crippen molar-refractivity contribution in [1.82, 2.24) is 5.16 Å². The third kappa shape index (κ3) is 1.72. The third-order valence-electron chi connectivity index (χ3n) is 2.80. The SMILES string of the molecule is COc1ccc(-c2noc3cc(F)ccc23)cc1. The van der Waals surface area contributed by atoms with Crippen LogP contribution in [0.25, 0.3) is 22.2 Å². The summed E-state index contributed by atoms with van der Waals surface area (Å²) < 4.78 is 23.3. The van der Waals surface area contributed by atoms with E-state index in [2.05, 4.69) is 5.16 Å². The van der Waals surface area contributed by atoms with Gasteiger partial charge in [0.15, 0.2) is 5.58 Å². The van der Waals surface area contributed by atoms with Crippen molar-refractivity contribution in [2.24, 2.45) is 0 Å². The number of methoxy groups -OCH3 is 1. The lowest BCUT2D eigenvalue weighted by Gasteiger charge is -2.00. The van der Waals surface area contributed by atoms with E-state index in [0.717, 1.165) is 16.7 Å². The van der Waals surface area contributed by atoms with Crippen molar-refractivity contribution in [3.63, 3.8) is 0 Å². The lowest BCUT2D eigenvalue weighted by atomic mass is 10.1. The molecular formula is C14H10FNO2. The van der Waals surface area contributed by atoms with Crippen molar-refractivity contribution >= 4 is 11.0 Å². The highest BCUT2D eigenvalue weighted by atomic mass is 19.1. The van der Waals surface area contributed by atoms with Crippen molar-refractivity contribution in [3.05, 3.63) is 48.3 Å². The highest BCUT2D eigenvalue weighted by Gasteiger charge is 2.10. The molecule has 0 N–H and O–H groups in total. The zero-order valence-electron chi connectivity index (χ0n) is 9.68. The lowest BCUT2D eigenvalue weighted by Crippen LogP contribution is -1.83.